The molecule has 0 spiro atoms. The Balaban J connectivity index is 2.57. The van der Waals surface area contributed by atoms with Crippen LogP contribution in [0.4, 0.5) is 0 Å². The number of rotatable bonds is 5. The largest absolute Gasteiger partial charge is 0.279 e. The van der Waals surface area contributed by atoms with E-state index in [0.29, 0.717) is 19.0 Å². The van der Waals surface area contributed by atoms with E-state index in [0.717, 1.165) is 19.3 Å². The van der Waals surface area contributed by atoms with Crippen LogP contribution in [0.2, 0.25) is 0 Å². The van der Waals surface area contributed by atoms with E-state index in [2.05, 4.69) is 11.6 Å². The van der Waals surface area contributed by atoms with E-state index < -0.39 is 10.2 Å². The summed E-state index contributed by atoms with van der Waals surface area (Å²) < 4.78 is 28.3. The van der Waals surface area contributed by atoms with E-state index >= 15 is 0 Å². The molecule has 2 unspecified atom stereocenters. The van der Waals surface area contributed by atoms with Crippen LogP contribution in [0.25, 0.3) is 0 Å². The molecule has 0 amide bonds. The van der Waals surface area contributed by atoms with Gasteiger partial charge in [0.2, 0.25) is 0 Å². The fourth-order valence-electron chi connectivity index (χ4n) is 2.39. The SMILES string of the molecule is CCN(CC)S(=O)(=O)NC1CCCC(C)C1. The smallest absolute Gasteiger partial charge is 0.199 e. The molecule has 1 fully saturated rings. The summed E-state index contributed by atoms with van der Waals surface area (Å²) in [6, 6.07) is 0.134. The Labute approximate surface area is 99.6 Å². The highest BCUT2D eigenvalue weighted by molar-refractivity contribution is 7.87. The van der Waals surface area contributed by atoms with E-state index in [1.165, 1.54) is 10.7 Å². The summed E-state index contributed by atoms with van der Waals surface area (Å²) in [5, 5.41) is 0. The molecule has 1 rings (SSSR count). The summed E-state index contributed by atoms with van der Waals surface area (Å²) in [6.45, 7) is 7.00. The summed E-state index contributed by atoms with van der Waals surface area (Å²) in [6.07, 6.45) is 4.31. The minimum atomic E-state index is -3.26. The molecule has 1 aliphatic rings. The van der Waals surface area contributed by atoms with Gasteiger partial charge < -0.3 is 0 Å². The van der Waals surface area contributed by atoms with Crippen LogP contribution in [-0.4, -0.2) is 31.9 Å². The van der Waals surface area contributed by atoms with Gasteiger partial charge in [-0.1, -0.05) is 33.6 Å². The molecule has 1 N–H and O–H groups in total. The van der Waals surface area contributed by atoms with Gasteiger partial charge in [-0.15, -0.1) is 0 Å². The highest BCUT2D eigenvalue weighted by Crippen LogP contribution is 2.24. The Kier molecular flexibility index (Phi) is 5.21. The molecule has 1 saturated carbocycles. The van der Waals surface area contributed by atoms with E-state index in [9.17, 15) is 8.42 Å². The molecule has 0 bridgehead atoms. The third-order valence-electron chi connectivity index (χ3n) is 3.30. The Morgan fingerprint density at radius 1 is 1.25 bits per heavy atom. The van der Waals surface area contributed by atoms with Crippen molar-refractivity contribution in [3.05, 3.63) is 0 Å². The molecule has 5 heteroatoms. The highest BCUT2D eigenvalue weighted by Gasteiger charge is 2.26. The lowest BCUT2D eigenvalue weighted by atomic mass is 9.88. The molecule has 4 nitrogen and oxygen atoms in total. The molecule has 0 aromatic heterocycles. The highest BCUT2D eigenvalue weighted by atomic mass is 32.2. The zero-order valence-electron chi connectivity index (χ0n) is 10.6. The first-order valence-corrected chi connectivity index (χ1v) is 7.71. The van der Waals surface area contributed by atoms with Crippen LogP contribution in [0.5, 0.6) is 0 Å². The monoisotopic (exact) mass is 248 g/mol. The first-order chi connectivity index (χ1) is 7.49. The first-order valence-electron chi connectivity index (χ1n) is 6.27. The number of nitrogens with zero attached hydrogens (tertiary/aromatic N) is 1. The van der Waals surface area contributed by atoms with Gasteiger partial charge in [0.25, 0.3) is 10.2 Å². The zero-order valence-corrected chi connectivity index (χ0v) is 11.4. The van der Waals surface area contributed by atoms with Gasteiger partial charge in [0.1, 0.15) is 0 Å². The van der Waals surface area contributed by atoms with Crippen LogP contribution >= 0.6 is 0 Å². The summed E-state index contributed by atoms with van der Waals surface area (Å²) >= 11 is 0. The lowest BCUT2D eigenvalue weighted by Gasteiger charge is -2.29. The molecule has 0 radical (unpaired) electrons. The summed E-state index contributed by atoms with van der Waals surface area (Å²) in [5.74, 6) is 0.637. The Bertz CT molecular complexity index is 299. The fourth-order valence-corrected chi connectivity index (χ4v) is 3.85. The van der Waals surface area contributed by atoms with Crippen molar-refractivity contribution >= 4 is 10.2 Å². The van der Waals surface area contributed by atoms with Crippen molar-refractivity contribution in [1.29, 1.82) is 0 Å². The molecule has 0 aromatic carbocycles. The predicted octanol–water partition coefficient (Wildman–Crippen LogP) is 1.74. The maximum absolute atomic E-state index is 12.0. The minimum Gasteiger partial charge on any atom is -0.199 e. The van der Waals surface area contributed by atoms with Gasteiger partial charge in [0.05, 0.1) is 0 Å². The third kappa shape index (κ3) is 3.71. The standard InChI is InChI=1S/C11H24N2O2S/c1-4-13(5-2)16(14,15)12-11-8-6-7-10(3)9-11/h10-12H,4-9H2,1-3H3. The van der Waals surface area contributed by atoms with Crippen molar-refractivity contribution in [2.24, 2.45) is 5.92 Å². The van der Waals surface area contributed by atoms with Crippen LogP contribution in [0.1, 0.15) is 46.5 Å². The molecule has 0 aliphatic heterocycles. The van der Waals surface area contributed by atoms with Gasteiger partial charge in [0, 0.05) is 19.1 Å². The molecular formula is C11H24N2O2S. The topological polar surface area (TPSA) is 49.4 Å². The molecule has 96 valence electrons. The normalized spacial score (nSPS) is 27.2. The Morgan fingerprint density at radius 3 is 2.38 bits per heavy atom. The van der Waals surface area contributed by atoms with Gasteiger partial charge >= 0.3 is 0 Å². The number of hydrogen-bond acceptors (Lipinski definition) is 2. The summed E-state index contributed by atoms with van der Waals surface area (Å²) in [5.41, 5.74) is 0. The average molecular weight is 248 g/mol. The second kappa shape index (κ2) is 5.98. The molecule has 1 aliphatic carbocycles. The minimum absolute atomic E-state index is 0.134. The van der Waals surface area contributed by atoms with E-state index in [1.807, 2.05) is 13.8 Å². The lowest BCUT2D eigenvalue weighted by Crippen LogP contribution is -2.46. The number of nitrogens with one attached hydrogen (secondary N) is 1. The third-order valence-corrected chi connectivity index (χ3v) is 5.12. The summed E-state index contributed by atoms with van der Waals surface area (Å²) in [7, 11) is -3.26. The fraction of sp³-hybridized carbons (Fsp3) is 1.00. The second-order valence-electron chi connectivity index (χ2n) is 4.68. The van der Waals surface area contributed by atoms with Crippen LogP contribution in [0, 0.1) is 5.92 Å². The zero-order chi connectivity index (χ0) is 12.2. The Morgan fingerprint density at radius 2 is 1.88 bits per heavy atom. The predicted molar refractivity (Wildman–Crippen MR) is 66.4 cm³/mol. The van der Waals surface area contributed by atoms with Crippen molar-refractivity contribution in [2.45, 2.75) is 52.5 Å². The van der Waals surface area contributed by atoms with Crippen LogP contribution in [0.15, 0.2) is 0 Å². The van der Waals surface area contributed by atoms with Crippen molar-refractivity contribution in [3.8, 4) is 0 Å². The van der Waals surface area contributed by atoms with Gasteiger partial charge in [0.15, 0.2) is 0 Å². The van der Waals surface area contributed by atoms with Crippen molar-refractivity contribution in [1.82, 2.24) is 9.03 Å². The van der Waals surface area contributed by atoms with Gasteiger partial charge in [-0.05, 0) is 18.8 Å². The second-order valence-corrected chi connectivity index (χ2v) is 6.38. The van der Waals surface area contributed by atoms with E-state index in [1.54, 1.807) is 0 Å². The molecule has 2 atom stereocenters. The average Bonchev–Trinajstić information content (AvgIpc) is 2.18. The van der Waals surface area contributed by atoms with E-state index in [-0.39, 0.29) is 6.04 Å². The maximum atomic E-state index is 12.0. The quantitative estimate of drug-likeness (QED) is 0.805. The van der Waals surface area contributed by atoms with Crippen LogP contribution in [-0.2, 0) is 10.2 Å². The van der Waals surface area contributed by atoms with Crippen LogP contribution in [0.3, 0.4) is 0 Å². The first kappa shape index (κ1) is 13.9. The Hall–Kier alpha value is -0.130. The number of hydrogen-bond donors (Lipinski definition) is 1. The van der Waals surface area contributed by atoms with E-state index in [4.69, 9.17) is 0 Å². The van der Waals surface area contributed by atoms with Gasteiger partial charge in [-0.3, -0.25) is 0 Å². The molecule has 16 heavy (non-hydrogen) atoms. The molecule has 0 saturated heterocycles. The molecule has 0 aromatic rings. The molecular weight excluding hydrogens is 224 g/mol. The lowest BCUT2D eigenvalue weighted by molar-refractivity contribution is 0.319. The van der Waals surface area contributed by atoms with Crippen LogP contribution < -0.4 is 4.72 Å². The van der Waals surface area contributed by atoms with Gasteiger partial charge in [-0.25, -0.2) is 0 Å². The van der Waals surface area contributed by atoms with Gasteiger partial charge in [-0.2, -0.15) is 17.4 Å². The summed E-state index contributed by atoms with van der Waals surface area (Å²) in [4.78, 5) is 0. The molecule has 0 heterocycles. The van der Waals surface area contributed by atoms with Crippen molar-refractivity contribution in [2.75, 3.05) is 13.1 Å². The maximum Gasteiger partial charge on any atom is 0.279 e. The van der Waals surface area contributed by atoms with Crippen molar-refractivity contribution < 1.29 is 8.42 Å². The van der Waals surface area contributed by atoms with Crippen molar-refractivity contribution in [3.63, 3.8) is 0 Å².